The van der Waals surface area contributed by atoms with Crippen molar-refractivity contribution in [2.45, 2.75) is 25.0 Å². The number of ether oxygens (including phenoxy) is 2. The number of aliphatic carboxylic acids is 1. The van der Waals surface area contributed by atoms with Crippen LogP contribution in [0.15, 0.2) is 36.4 Å². The second-order valence-corrected chi connectivity index (χ2v) is 7.94. The highest BCUT2D eigenvalue weighted by Crippen LogP contribution is 2.34. The Bertz CT molecular complexity index is 1190. The van der Waals surface area contributed by atoms with E-state index >= 15 is 0 Å². The fraction of sp³-hybridized carbons (Fsp3) is 0.286. The van der Waals surface area contributed by atoms with E-state index in [4.69, 9.17) is 32.7 Å². The fourth-order valence-electron chi connectivity index (χ4n) is 3.30. The Labute approximate surface area is 204 Å². The lowest BCUT2D eigenvalue weighted by atomic mass is 9.99. The standard InChI is InChI=1S/C21H21Cl2N5O6/c1-33-17-6-4-12(8-16(17)29)20(21-25-26-27-28(21)10-19(32)34-2)24-15(9-18(30)31)11-3-5-13(22)14(23)7-11/h3-8,15,20,24,29H,9-10H2,1-2H3,(H,30,31). The Kier molecular flexibility index (Phi) is 8.26. The number of hydrogen-bond acceptors (Lipinski definition) is 9. The predicted molar refractivity (Wildman–Crippen MR) is 121 cm³/mol. The van der Waals surface area contributed by atoms with Crippen LogP contribution in [0.25, 0.3) is 0 Å². The van der Waals surface area contributed by atoms with Gasteiger partial charge < -0.3 is 19.7 Å². The van der Waals surface area contributed by atoms with Crippen LogP contribution in [0.2, 0.25) is 10.0 Å². The molecule has 0 saturated heterocycles. The van der Waals surface area contributed by atoms with Gasteiger partial charge in [0.1, 0.15) is 6.54 Å². The molecule has 0 spiro atoms. The summed E-state index contributed by atoms with van der Waals surface area (Å²) in [5, 5.41) is 35.2. The quantitative estimate of drug-likeness (QED) is 0.348. The predicted octanol–water partition coefficient (Wildman–Crippen LogP) is 2.76. The number of phenolic OH excluding ortho intramolecular Hbond substituents is 1. The van der Waals surface area contributed by atoms with Crippen LogP contribution in [-0.2, 0) is 20.9 Å². The van der Waals surface area contributed by atoms with Gasteiger partial charge >= 0.3 is 11.9 Å². The third-order valence-corrected chi connectivity index (χ3v) is 5.69. The van der Waals surface area contributed by atoms with Crippen molar-refractivity contribution in [3.8, 4) is 11.5 Å². The number of methoxy groups -OCH3 is 2. The van der Waals surface area contributed by atoms with Crippen molar-refractivity contribution in [3.63, 3.8) is 0 Å². The van der Waals surface area contributed by atoms with E-state index < -0.39 is 24.0 Å². The zero-order chi connectivity index (χ0) is 24.8. The molecular formula is C21H21Cl2N5O6. The van der Waals surface area contributed by atoms with Crippen molar-refractivity contribution >= 4 is 35.1 Å². The van der Waals surface area contributed by atoms with Crippen LogP contribution in [0, 0.1) is 0 Å². The highest BCUT2D eigenvalue weighted by Gasteiger charge is 2.28. The maximum Gasteiger partial charge on any atom is 0.327 e. The van der Waals surface area contributed by atoms with E-state index in [-0.39, 0.29) is 35.3 Å². The molecule has 1 heterocycles. The average Bonchev–Trinajstić information content (AvgIpc) is 3.25. The number of carboxylic acid groups (broad SMARTS) is 1. The van der Waals surface area contributed by atoms with Crippen LogP contribution < -0.4 is 10.1 Å². The number of carboxylic acids is 1. The Morgan fingerprint density at radius 1 is 1.12 bits per heavy atom. The van der Waals surface area contributed by atoms with Gasteiger partial charge in [-0.25, -0.2) is 4.68 Å². The number of esters is 1. The molecule has 3 N–H and O–H groups in total. The maximum atomic E-state index is 11.9. The minimum absolute atomic E-state index is 0.150. The lowest BCUT2D eigenvalue weighted by Crippen LogP contribution is -2.32. The van der Waals surface area contributed by atoms with E-state index in [1.807, 2.05) is 0 Å². The third kappa shape index (κ3) is 5.93. The zero-order valence-electron chi connectivity index (χ0n) is 18.1. The van der Waals surface area contributed by atoms with Crippen LogP contribution in [0.1, 0.15) is 35.5 Å². The first-order valence-corrected chi connectivity index (χ1v) is 10.6. The topological polar surface area (TPSA) is 149 Å². The lowest BCUT2D eigenvalue weighted by Gasteiger charge is -2.25. The number of tetrazole rings is 1. The van der Waals surface area contributed by atoms with Gasteiger partial charge in [-0.3, -0.25) is 14.9 Å². The molecule has 2 atom stereocenters. The SMILES string of the molecule is COC(=O)Cn1nnnc1C(NC(CC(=O)O)c1ccc(Cl)c(Cl)c1)c1ccc(OC)c(O)c1. The summed E-state index contributed by atoms with van der Waals surface area (Å²) in [6.45, 7) is -0.282. The third-order valence-electron chi connectivity index (χ3n) is 4.95. The second kappa shape index (κ2) is 11.1. The van der Waals surface area contributed by atoms with Crippen LogP contribution in [-0.4, -0.2) is 56.6 Å². The van der Waals surface area contributed by atoms with E-state index in [0.717, 1.165) is 0 Å². The number of halogens is 2. The largest absolute Gasteiger partial charge is 0.504 e. The van der Waals surface area contributed by atoms with E-state index in [2.05, 4.69) is 20.8 Å². The number of hydrogen-bond donors (Lipinski definition) is 3. The molecule has 0 aliphatic rings. The van der Waals surface area contributed by atoms with Gasteiger partial charge in [0.25, 0.3) is 0 Å². The van der Waals surface area contributed by atoms with Gasteiger partial charge in [0.2, 0.25) is 0 Å². The first-order chi connectivity index (χ1) is 16.2. The van der Waals surface area contributed by atoms with Crippen molar-refractivity contribution in [1.29, 1.82) is 0 Å². The van der Waals surface area contributed by atoms with Gasteiger partial charge in [-0.2, -0.15) is 0 Å². The van der Waals surface area contributed by atoms with E-state index in [1.165, 1.54) is 25.0 Å². The fourth-order valence-corrected chi connectivity index (χ4v) is 3.61. The van der Waals surface area contributed by atoms with Gasteiger partial charge in [-0.1, -0.05) is 35.3 Å². The number of rotatable bonds is 10. The summed E-state index contributed by atoms with van der Waals surface area (Å²) in [7, 11) is 2.64. The molecule has 0 bridgehead atoms. The summed E-state index contributed by atoms with van der Waals surface area (Å²) in [6, 6.07) is 7.77. The summed E-state index contributed by atoms with van der Waals surface area (Å²) in [6.07, 6.45) is -0.324. The molecule has 3 rings (SSSR count). The molecule has 0 radical (unpaired) electrons. The molecule has 0 fully saturated rings. The molecule has 1 aromatic heterocycles. The molecule has 0 saturated carbocycles. The van der Waals surface area contributed by atoms with Gasteiger partial charge in [0.05, 0.1) is 36.7 Å². The smallest absolute Gasteiger partial charge is 0.327 e. The molecule has 3 aromatic rings. The monoisotopic (exact) mass is 509 g/mol. The van der Waals surface area contributed by atoms with Crippen molar-refractivity contribution in [3.05, 3.63) is 63.4 Å². The number of phenols is 1. The highest BCUT2D eigenvalue weighted by atomic mass is 35.5. The van der Waals surface area contributed by atoms with Crippen molar-refractivity contribution in [2.24, 2.45) is 0 Å². The van der Waals surface area contributed by atoms with Crippen molar-refractivity contribution in [1.82, 2.24) is 25.5 Å². The number of aromatic hydroxyl groups is 1. The van der Waals surface area contributed by atoms with Gasteiger partial charge in [-0.05, 0) is 45.8 Å². The van der Waals surface area contributed by atoms with Crippen LogP contribution in [0.4, 0.5) is 0 Å². The first kappa shape index (κ1) is 25.2. The number of nitrogens with zero attached hydrogens (tertiary/aromatic N) is 4. The minimum atomic E-state index is -1.07. The van der Waals surface area contributed by atoms with Gasteiger partial charge in [0, 0.05) is 6.04 Å². The minimum Gasteiger partial charge on any atom is -0.504 e. The number of carbonyl (C=O) groups is 2. The van der Waals surface area contributed by atoms with Gasteiger partial charge in [0.15, 0.2) is 17.3 Å². The lowest BCUT2D eigenvalue weighted by molar-refractivity contribution is -0.141. The first-order valence-electron chi connectivity index (χ1n) is 9.86. The number of aromatic nitrogens is 4. The molecule has 11 nitrogen and oxygen atoms in total. The Morgan fingerprint density at radius 3 is 2.47 bits per heavy atom. The molecule has 0 aliphatic heterocycles. The Hall–Kier alpha value is -3.41. The summed E-state index contributed by atoms with van der Waals surface area (Å²) in [5.74, 6) is -1.39. The highest BCUT2D eigenvalue weighted by molar-refractivity contribution is 6.42. The van der Waals surface area contributed by atoms with E-state index in [9.17, 15) is 19.8 Å². The van der Waals surface area contributed by atoms with Gasteiger partial charge in [-0.15, -0.1) is 5.10 Å². The molecule has 0 amide bonds. The molecule has 180 valence electrons. The van der Waals surface area contributed by atoms with Crippen molar-refractivity contribution in [2.75, 3.05) is 14.2 Å². The number of benzene rings is 2. The molecule has 2 unspecified atom stereocenters. The summed E-state index contributed by atoms with van der Waals surface area (Å²) < 4.78 is 11.0. The average molecular weight is 510 g/mol. The number of nitrogens with one attached hydrogen (secondary N) is 1. The molecule has 34 heavy (non-hydrogen) atoms. The van der Waals surface area contributed by atoms with Crippen LogP contribution >= 0.6 is 23.2 Å². The Morgan fingerprint density at radius 2 is 1.85 bits per heavy atom. The Balaban J connectivity index is 2.09. The molecular weight excluding hydrogens is 489 g/mol. The molecule has 2 aromatic carbocycles. The zero-order valence-corrected chi connectivity index (χ0v) is 19.6. The summed E-state index contributed by atoms with van der Waals surface area (Å²) >= 11 is 12.2. The molecule has 0 aliphatic carbocycles. The summed E-state index contributed by atoms with van der Waals surface area (Å²) in [5.41, 5.74) is 1.03. The summed E-state index contributed by atoms with van der Waals surface area (Å²) in [4.78, 5) is 23.5. The molecule has 13 heteroatoms. The van der Waals surface area contributed by atoms with Crippen LogP contribution in [0.3, 0.4) is 0 Å². The maximum absolute atomic E-state index is 11.9. The second-order valence-electron chi connectivity index (χ2n) is 7.13. The van der Waals surface area contributed by atoms with E-state index in [0.29, 0.717) is 16.1 Å². The van der Waals surface area contributed by atoms with E-state index in [1.54, 1.807) is 30.3 Å². The normalized spacial score (nSPS) is 12.7. The number of carbonyl (C=O) groups excluding carboxylic acids is 1. The van der Waals surface area contributed by atoms with Crippen LogP contribution in [0.5, 0.6) is 11.5 Å². The van der Waals surface area contributed by atoms with Crippen molar-refractivity contribution < 1.29 is 29.3 Å².